The van der Waals surface area contributed by atoms with Crippen molar-refractivity contribution >= 4 is 28.7 Å². The van der Waals surface area contributed by atoms with Crippen molar-refractivity contribution in [3.05, 3.63) is 59.2 Å². The number of hydrogen-bond acceptors (Lipinski definition) is 3. The van der Waals surface area contributed by atoms with Crippen LogP contribution in [0.2, 0.25) is 0 Å². The topological polar surface area (TPSA) is 34.9 Å². The van der Waals surface area contributed by atoms with Crippen LogP contribution in [0.25, 0.3) is 11.0 Å². The number of benzene rings is 2. The van der Waals surface area contributed by atoms with Crippen LogP contribution < -0.4 is 0 Å². The summed E-state index contributed by atoms with van der Waals surface area (Å²) in [7, 11) is 0. The molecule has 3 aromatic rings. The van der Waals surface area contributed by atoms with Gasteiger partial charge in [0.1, 0.15) is 11.6 Å². The van der Waals surface area contributed by atoms with E-state index in [0.29, 0.717) is 21.8 Å². The number of aryl methyl sites for hydroxylation is 1. The highest BCUT2D eigenvalue weighted by molar-refractivity contribution is 7.98. The third-order valence-electron chi connectivity index (χ3n) is 3.39. The molecular weight excluding hydrogens is 306 g/mol. The van der Waals surface area contributed by atoms with Gasteiger partial charge < -0.3 is 0 Å². The maximum Gasteiger partial charge on any atom is 0.264 e. The Kier molecular flexibility index (Phi) is 3.70. The summed E-state index contributed by atoms with van der Waals surface area (Å²) in [6.45, 7) is 1.63. The Bertz CT molecular complexity index is 889. The molecule has 0 saturated carbocycles. The lowest BCUT2D eigenvalue weighted by molar-refractivity contribution is 0.0954. The van der Waals surface area contributed by atoms with Gasteiger partial charge in [-0.2, -0.15) is 0 Å². The largest absolute Gasteiger partial charge is 0.268 e. The average molecular weight is 318 g/mol. The molecule has 0 N–H and O–H groups in total. The van der Waals surface area contributed by atoms with Gasteiger partial charge in [-0.15, -0.1) is 0 Å². The maximum absolute atomic E-state index is 13.7. The molecular formula is C16H12F2N2OS. The van der Waals surface area contributed by atoms with Gasteiger partial charge in [-0.25, -0.2) is 13.8 Å². The fraction of sp³-hybridized carbons (Fsp3) is 0.125. The van der Waals surface area contributed by atoms with Crippen LogP contribution in [-0.2, 0) is 0 Å². The van der Waals surface area contributed by atoms with E-state index in [-0.39, 0.29) is 5.56 Å². The van der Waals surface area contributed by atoms with Gasteiger partial charge in [0.25, 0.3) is 5.91 Å². The predicted molar refractivity (Wildman–Crippen MR) is 82.3 cm³/mol. The second kappa shape index (κ2) is 5.53. The molecule has 0 bridgehead atoms. The lowest BCUT2D eigenvalue weighted by Gasteiger charge is -2.07. The van der Waals surface area contributed by atoms with E-state index in [1.807, 2.05) is 0 Å². The highest BCUT2D eigenvalue weighted by atomic mass is 32.2. The summed E-state index contributed by atoms with van der Waals surface area (Å²) >= 11 is 1.27. The van der Waals surface area contributed by atoms with E-state index >= 15 is 0 Å². The normalized spacial score (nSPS) is 11.1. The van der Waals surface area contributed by atoms with Crippen LogP contribution in [-0.4, -0.2) is 21.7 Å². The molecule has 0 aliphatic heterocycles. The monoisotopic (exact) mass is 318 g/mol. The molecule has 0 amide bonds. The van der Waals surface area contributed by atoms with Gasteiger partial charge in [0.15, 0.2) is 5.16 Å². The van der Waals surface area contributed by atoms with Gasteiger partial charge in [0, 0.05) is 11.6 Å². The Balaban J connectivity index is 2.19. The molecule has 1 aromatic heterocycles. The molecule has 0 radical (unpaired) electrons. The Morgan fingerprint density at radius 1 is 1.18 bits per heavy atom. The molecule has 3 rings (SSSR count). The fourth-order valence-electron chi connectivity index (χ4n) is 2.22. The van der Waals surface area contributed by atoms with Crippen LogP contribution in [0.5, 0.6) is 0 Å². The van der Waals surface area contributed by atoms with Gasteiger partial charge in [-0.1, -0.05) is 17.8 Å². The van der Waals surface area contributed by atoms with Crippen LogP contribution in [0.3, 0.4) is 0 Å². The van der Waals surface area contributed by atoms with E-state index in [4.69, 9.17) is 0 Å². The minimum absolute atomic E-state index is 0.224. The molecule has 22 heavy (non-hydrogen) atoms. The van der Waals surface area contributed by atoms with Crippen LogP contribution in [0.4, 0.5) is 8.78 Å². The van der Waals surface area contributed by atoms with Crippen molar-refractivity contribution in [3.8, 4) is 0 Å². The second-order valence-corrected chi connectivity index (χ2v) is 5.61. The first-order valence-corrected chi connectivity index (χ1v) is 7.76. The number of carbonyl (C=O) groups is 1. The second-order valence-electron chi connectivity index (χ2n) is 4.84. The molecule has 3 nitrogen and oxygen atoms in total. The third kappa shape index (κ3) is 2.39. The minimum atomic E-state index is -0.438. The smallest absolute Gasteiger partial charge is 0.264 e. The number of hydrogen-bond donors (Lipinski definition) is 0. The quantitative estimate of drug-likeness (QED) is 0.669. The van der Waals surface area contributed by atoms with E-state index in [1.165, 1.54) is 40.6 Å². The Labute approximate surface area is 130 Å². The van der Waals surface area contributed by atoms with E-state index in [9.17, 15) is 13.6 Å². The number of aromatic nitrogens is 2. The third-order valence-corrected chi connectivity index (χ3v) is 4.03. The Hall–Kier alpha value is -2.21. The van der Waals surface area contributed by atoms with E-state index in [1.54, 1.807) is 25.3 Å². The van der Waals surface area contributed by atoms with Gasteiger partial charge in [-0.05, 0) is 43.0 Å². The molecule has 0 unspecified atom stereocenters. The number of fused-ring (bicyclic) bond motifs is 1. The van der Waals surface area contributed by atoms with Crippen molar-refractivity contribution in [2.24, 2.45) is 0 Å². The first-order valence-electron chi connectivity index (χ1n) is 6.54. The summed E-state index contributed by atoms with van der Waals surface area (Å²) in [4.78, 5) is 16.9. The summed E-state index contributed by atoms with van der Waals surface area (Å²) in [6, 6.07) is 8.37. The molecule has 0 aliphatic carbocycles. The number of thioether (sulfide) groups is 1. The predicted octanol–water partition coefficient (Wildman–Crippen LogP) is 4.03. The zero-order valence-electron chi connectivity index (χ0n) is 11.9. The minimum Gasteiger partial charge on any atom is -0.268 e. The van der Waals surface area contributed by atoms with E-state index in [2.05, 4.69) is 4.98 Å². The molecule has 6 heteroatoms. The van der Waals surface area contributed by atoms with Gasteiger partial charge in [0.05, 0.1) is 11.0 Å². The van der Waals surface area contributed by atoms with Gasteiger partial charge in [-0.3, -0.25) is 9.36 Å². The number of rotatable bonds is 2. The molecule has 0 spiro atoms. The van der Waals surface area contributed by atoms with Gasteiger partial charge in [0.2, 0.25) is 0 Å². The standard InChI is InChI=1S/C16H12F2N2OS/c1-9-3-4-10(7-12(9)18)15(21)20-14-6-5-11(17)8-13(14)19-16(20)22-2/h3-8H,1-2H3. The molecule has 0 aliphatic rings. The Morgan fingerprint density at radius 2 is 1.95 bits per heavy atom. The van der Waals surface area contributed by atoms with Crippen LogP contribution in [0, 0.1) is 18.6 Å². The van der Waals surface area contributed by atoms with Crippen LogP contribution in [0.1, 0.15) is 15.9 Å². The number of imidazole rings is 1. The van der Waals surface area contributed by atoms with E-state index < -0.39 is 17.5 Å². The lowest BCUT2D eigenvalue weighted by Crippen LogP contribution is -2.13. The average Bonchev–Trinajstić information content (AvgIpc) is 2.86. The number of carbonyl (C=O) groups excluding carboxylic acids is 1. The lowest BCUT2D eigenvalue weighted by atomic mass is 10.1. The Morgan fingerprint density at radius 3 is 2.64 bits per heavy atom. The molecule has 1 heterocycles. The van der Waals surface area contributed by atoms with Crippen molar-refractivity contribution in [1.29, 1.82) is 0 Å². The van der Waals surface area contributed by atoms with Crippen molar-refractivity contribution in [2.45, 2.75) is 12.1 Å². The highest BCUT2D eigenvalue weighted by Crippen LogP contribution is 2.25. The zero-order valence-corrected chi connectivity index (χ0v) is 12.7. The van der Waals surface area contributed by atoms with Crippen LogP contribution in [0.15, 0.2) is 41.6 Å². The first kappa shape index (κ1) is 14.7. The highest BCUT2D eigenvalue weighted by Gasteiger charge is 2.19. The van der Waals surface area contributed by atoms with Crippen molar-refractivity contribution in [2.75, 3.05) is 6.26 Å². The summed E-state index contributed by atoms with van der Waals surface area (Å²) in [6.07, 6.45) is 1.77. The van der Waals surface area contributed by atoms with Crippen molar-refractivity contribution in [1.82, 2.24) is 9.55 Å². The molecule has 112 valence electrons. The number of halogens is 2. The van der Waals surface area contributed by atoms with Crippen molar-refractivity contribution in [3.63, 3.8) is 0 Å². The first-order chi connectivity index (χ1) is 10.5. The summed E-state index contributed by atoms with van der Waals surface area (Å²) < 4.78 is 28.4. The summed E-state index contributed by atoms with van der Waals surface area (Å²) in [5, 5.41) is 0.437. The van der Waals surface area contributed by atoms with Crippen molar-refractivity contribution < 1.29 is 13.6 Å². The molecule has 0 fully saturated rings. The summed E-state index contributed by atoms with van der Waals surface area (Å²) in [5.41, 5.74) is 1.59. The summed E-state index contributed by atoms with van der Waals surface area (Å²) in [5.74, 6) is -1.25. The molecule has 2 aromatic carbocycles. The fourth-order valence-corrected chi connectivity index (χ4v) is 2.77. The van der Waals surface area contributed by atoms with E-state index in [0.717, 1.165) is 0 Å². The maximum atomic E-state index is 13.7. The zero-order chi connectivity index (χ0) is 15.9. The molecule has 0 atom stereocenters. The SMILES string of the molecule is CSc1nc2cc(F)ccc2n1C(=O)c1ccc(C)c(F)c1. The van der Waals surface area contributed by atoms with Gasteiger partial charge >= 0.3 is 0 Å². The van der Waals surface area contributed by atoms with Crippen LogP contribution >= 0.6 is 11.8 Å². The number of nitrogens with zero attached hydrogens (tertiary/aromatic N) is 2. The molecule has 0 saturated heterocycles.